The van der Waals surface area contributed by atoms with Crippen LogP contribution in [0.15, 0.2) is 0 Å². The number of thiocarbonyl (C=S) groups is 1. The molecule has 0 unspecified atom stereocenters. The quantitative estimate of drug-likeness (QED) is 0.492. The molecule has 0 spiro atoms. The molecule has 86 valence electrons. The van der Waals surface area contributed by atoms with Crippen molar-refractivity contribution >= 4 is 23.2 Å². The molecule has 3 N–H and O–H groups in total. The molecule has 0 saturated heterocycles. The van der Waals surface area contributed by atoms with E-state index in [0.29, 0.717) is 17.6 Å². The lowest BCUT2D eigenvalue weighted by Gasteiger charge is -2.24. The second-order valence-corrected chi connectivity index (χ2v) is 4.24. The molecule has 1 fully saturated rings. The highest BCUT2D eigenvalue weighted by atomic mass is 32.1. The Kier molecular flexibility index (Phi) is 5.39. The molecular weight excluding hydrogens is 210 g/mol. The Bertz CT molecular complexity index is 227. The van der Waals surface area contributed by atoms with E-state index in [1.165, 1.54) is 32.1 Å². The van der Waals surface area contributed by atoms with Gasteiger partial charge in [0.05, 0.1) is 0 Å². The minimum absolute atomic E-state index is 0.0530. The largest absolute Gasteiger partial charge is 0.359 e. The van der Waals surface area contributed by atoms with Gasteiger partial charge in [0.1, 0.15) is 0 Å². The predicted molar refractivity (Wildman–Crippen MR) is 64.2 cm³/mol. The van der Waals surface area contributed by atoms with Crippen molar-refractivity contribution in [2.75, 3.05) is 0 Å². The van der Waals surface area contributed by atoms with Crippen molar-refractivity contribution in [1.29, 1.82) is 0 Å². The third-order valence-corrected chi connectivity index (χ3v) is 2.80. The monoisotopic (exact) mass is 229 g/mol. The molecule has 0 aliphatic heterocycles. The molecule has 0 aromatic rings. The van der Waals surface area contributed by atoms with Crippen LogP contribution in [-0.2, 0) is 4.79 Å². The molecule has 1 rings (SSSR count). The molecule has 0 radical (unpaired) electrons. The molecule has 1 aliphatic carbocycles. The van der Waals surface area contributed by atoms with Crippen LogP contribution in [0.4, 0.5) is 0 Å². The average Bonchev–Trinajstić information content (AvgIpc) is 2.27. The Balaban J connectivity index is 2.14. The molecule has 1 aliphatic rings. The van der Waals surface area contributed by atoms with E-state index in [2.05, 4.69) is 16.2 Å². The minimum Gasteiger partial charge on any atom is -0.359 e. The number of hydrazine groups is 1. The SMILES string of the molecule is CCC(=O)NNC(=S)NC1CCCCC1. The van der Waals surface area contributed by atoms with Gasteiger partial charge in [-0.2, -0.15) is 0 Å². The molecule has 0 heterocycles. The fourth-order valence-electron chi connectivity index (χ4n) is 1.68. The number of amides is 1. The highest BCUT2D eigenvalue weighted by molar-refractivity contribution is 7.80. The maximum Gasteiger partial charge on any atom is 0.238 e. The summed E-state index contributed by atoms with van der Waals surface area (Å²) in [6.45, 7) is 1.80. The Morgan fingerprint density at radius 3 is 2.53 bits per heavy atom. The summed E-state index contributed by atoms with van der Waals surface area (Å²) in [5.74, 6) is -0.0530. The zero-order valence-corrected chi connectivity index (χ0v) is 9.95. The summed E-state index contributed by atoms with van der Waals surface area (Å²) in [5.41, 5.74) is 5.23. The Labute approximate surface area is 96.2 Å². The average molecular weight is 229 g/mol. The maximum atomic E-state index is 10.9. The molecule has 15 heavy (non-hydrogen) atoms. The van der Waals surface area contributed by atoms with Crippen molar-refractivity contribution in [1.82, 2.24) is 16.2 Å². The van der Waals surface area contributed by atoms with Crippen LogP contribution in [-0.4, -0.2) is 17.1 Å². The Hall–Kier alpha value is -0.840. The molecular formula is C10H19N3OS. The summed E-state index contributed by atoms with van der Waals surface area (Å²) < 4.78 is 0. The van der Waals surface area contributed by atoms with E-state index in [1.807, 2.05) is 0 Å². The molecule has 0 bridgehead atoms. The zero-order valence-electron chi connectivity index (χ0n) is 9.14. The molecule has 4 nitrogen and oxygen atoms in total. The number of carbonyl (C=O) groups is 1. The van der Waals surface area contributed by atoms with Gasteiger partial charge < -0.3 is 5.32 Å². The van der Waals surface area contributed by atoms with Crippen LogP contribution in [0.5, 0.6) is 0 Å². The van der Waals surface area contributed by atoms with E-state index in [9.17, 15) is 4.79 Å². The highest BCUT2D eigenvalue weighted by Crippen LogP contribution is 2.16. The van der Waals surface area contributed by atoms with Gasteiger partial charge in [-0.05, 0) is 25.1 Å². The number of rotatable bonds is 2. The van der Waals surface area contributed by atoms with E-state index in [4.69, 9.17) is 12.2 Å². The standard InChI is InChI=1S/C10H19N3OS/c1-2-9(14)12-13-10(15)11-8-6-4-3-5-7-8/h8H,2-7H2,1H3,(H,12,14)(H2,11,13,15). The van der Waals surface area contributed by atoms with E-state index in [1.54, 1.807) is 6.92 Å². The van der Waals surface area contributed by atoms with Gasteiger partial charge in [0.15, 0.2) is 5.11 Å². The van der Waals surface area contributed by atoms with E-state index in [0.717, 1.165) is 0 Å². The molecule has 0 aromatic heterocycles. The summed E-state index contributed by atoms with van der Waals surface area (Å²) in [4.78, 5) is 10.9. The minimum atomic E-state index is -0.0530. The summed E-state index contributed by atoms with van der Waals surface area (Å²) in [7, 11) is 0. The van der Waals surface area contributed by atoms with Gasteiger partial charge in [-0.3, -0.25) is 15.6 Å². The van der Waals surface area contributed by atoms with Crippen molar-refractivity contribution in [3.05, 3.63) is 0 Å². The summed E-state index contributed by atoms with van der Waals surface area (Å²) in [5, 5.41) is 3.72. The van der Waals surface area contributed by atoms with Crippen molar-refractivity contribution in [2.24, 2.45) is 0 Å². The second kappa shape index (κ2) is 6.61. The van der Waals surface area contributed by atoms with Crippen LogP contribution in [0, 0.1) is 0 Å². The number of carbonyl (C=O) groups excluding carboxylic acids is 1. The first kappa shape index (κ1) is 12.2. The van der Waals surface area contributed by atoms with Crippen LogP contribution in [0.1, 0.15) is 45.4 Å². The summed E-state index contributed by atoms with van der Waals surface area (Å²) in [6, 6.07) is 0.470. The van der Waals surface area contributed by atoms with Crippen LogP contribution in [0.2, 0.25) is 0 Å². The van der Waals surface area contributed by atoms with Gasteiger partial charge in [-0.25, -0.2) is 0 Å². The topological polar surface area (TPSA) is 53.2 Å². The predicted octanol–water partition coefficient (Wildman–Crippen LogP) is 1.22. The van der Waals surface area contributed by atoms with Gasteiger partial charge in [-0.1, -0.05) is 26.2 Å². The van der Waals surface area contributed by atoms with E-state index < -0.39 is 0 Å². The van der Waals surface area contributed by atoms with E-state index in [-0.39, 0.29) is 5.91 Å². The van der Waals surface area contributed by atoms with Crippen LogP contribution < -0.4 is 16.2 Å². The fourth-order valence-corrected chi connectivity index (χ4v) is 1.90. The Morgan fingerprint density at radius 2 is 1.93 bits per heavy atom. The van der Waals surface area contributed by atoms with Crippen molar-refractivity contribution in [2.45, 2.75) is 51.5 Å². The number of nitrogens with one attached hydrogen (secondary N) is 3. The van der Waals surface area contributed by atoms with Gasteiger partial charge in [0.2, 0.25) is 5.91 Å². The van der Waals surface area contributed by atoms with Gasteiger partial charge in [-0.15, -0.1) is 0 Å². The number of hydrogen-bond acceptors (Lipinski definition) is 2. The molecule has 1 saturated carbocycles. The van der Waals surface area contributed by atoms with Gasteiger partial charge >= 0.3 is 0 Å². The fraction of sp³-hybridized carbons (Fsp3) is 0.800. The molecule has 0 aromatic carbocycles. The molecule has 5 heteroatoms. The van der Waals surface area contributed by atoms with Crippen molar-refractivity contribution < 1.29 is 4.79 Å². The first-order chi connectivity index (χ1) is 7.22. The van der Waals surface area contributed by atoms with Gasteiger partial charge in [0.25, 0.3) is 0 Å². The molecule has 0 atom stereocenters. The van der Waals surface area contributed by atoms with Crippen LogP contribution in [0.3, 0.4) is 0 Å². The van der Waals surface area contributed by atoms with Crippen LogP contribution >= 0.6 is 12.2 Å². The highest BCUT2D eigenvalue weighted by Gasteiger charge is 2.13. The third-order valence-electron chi connectivity index (χ3n) is 2.58. The lowest BCUT2D eigenvalue weighted by Crippen LogP contribution is -2.49. The summed E-state index contributed by atoms with van der Waals surface area (Å²) >= 11 is 5.06. The number of hydrogen-bond donors (Lipinski definition) is 3. The van der Waals surface area contributed by atoms with Crippen molar-refractivity contribution in [3.8, 4) is 0 Å². The van der Waals surface area contributed by atoms with E-state index >= 15 is 0 Å². The van der Waals surface area contributed by atoms with Crippen molar-refractivity contribution in [3.63, 3.8) is 0 Å². The normalized spacial score (nSPS) is 16.9. The smallest absolute Gasteiger partial charge is 0.238 e. The first-order valence-corrected chi connectivity index (χ1v) is 5.98. The van der Waals surface area contributed by atoms with Gasteiger partial charge in [0, 0.05) is 12.5 Å². The maximum absolute atomic E-state index is 10.9. The first-order valence-electron chi connectivity index (χ1n) is 5.57. The second-order valence-electron chi connectivity index (χ2n) is 3.84. The third kappa shape index (κ3) is 4.97. The molecule has 1 amide bonds. The summed E-state index contributed by atoms with van der Waals surface area (Å²) in [6.07, 6.45) is 6.65. The van der Waals surface area contributed by atoms with Crippen LogP contribution in [0.25, 0.3) is 0 Å². The Morgan fingerprint density at radius 1 is 1.27 bits per heavy atom. The lowest BCUT2D eigenvalue weighted by molar-refractivity contribution is -0.121. The zero-order chi connectivity index (χ0) is 11.1. The lowest BCUT2D eigenvalue weighted by atomic mass is 9.96.